The molecule has 0 saturated carbocycles. The van der Waals surface area contributed by atoms with Gasteiger partial charge in [-0.05, 0) is 36.6 Å². The van der Waals surface area contributed by atoms with Crippen LogP contribution in [0.1, 0.15) is 31.2 Å². The average Bonchev–Trinajstić information content (AvgIpc) is 2.95. The van der Waals surface area contributed by atoms with Crippen molar-refractivity contribution in [1.82, 2.24) is 10.3 Å². The van der Waals surface area contributed by atoms with Crippen LogP contribution in [0.25, 0.3) is 10.9 Å². The van der Waals surface area contributed by atoms with E-state index in [-0.39, 0.29) is 5.91 Å². The third kappa shape index (κ3) is 3.82. The molecule has 1 aliphatic heterocycles. The molecular formula is C17H22N2OS. The number of thioether (sulfide) groups is 1. The standard InChI is InChI=1S/C17H22N2OS/c20-17(19-12-14-5-3-4-10-21-14)9-8-13-11-18-16-7-2-1-6-15(13)16/h1-2,6-7,11,14,18H,3-5,8-10,12H2,(H,19,20). The Kier molecular flexibility index (Phi) is 4.86. The zero-order valence-electron chi connectivity index (χ0n) is 12.2. The van der Waals surface area contributed by atoms with Crippen molar-refractivity contribution < 1.29 is 4.79 Å². The fourth-order valence-corrected chi connectivity index (χ4v) is 4.11. The first kappa shape index (κ1) is 14.5. The molecule has 2 heterocycles. The van der Waals surface area contributed by atoms with Crippen LogP contribution >= 0.6 is 11.8 Å². The summed E-state index contributed by atoms with van der Waals surface area (Å²) < 4.78 is 0. The molecule has 1 unspecified atom stereocenters. The molecule has 1 atom stereocenters. The number of hydrogen-bond donors (Lipinski definition) is 2. The lowest BCUT2D eigenvalue weighted by atomic mass is 10.1. The van der Waals surface area contributed by atoms with Gasteiger partial charge in [0, 0.05) is 35.3 Å². The van der Waals surface area contributed by atoms with E-state index in [1.165, 1.54) is 36.0 Å². The highest BCUT2D eigenvalue weighted by molar-refractivity contribution is 7.99. The summed E-state index contributed by atoms with van der Waals surface area (Å²) in [6.07, 6.45) is 7.27. The fraction of sp³-hybridized carbons (Fsp3) is 0.471. The molecule has 1 saturated heterocycles. The predicted octanol–water partition coefficient (Wildman–Crippen LogP) is 3.50. The van der Waals surface area contributed by atoms with Crippen LogP contribution in [-0.4, -0.2) is 28.4 Å². The first-order chi connectivity index (χ1) is 10.3. The van der Waals surface area contributed by atoms with Gasteiger partial charge in [-0.2, -0.15) is 11.8 Å². The Bertz CT molecular complexity index is 602. The minimum absolute atomic E-state index is 0.173. The Morgan fingerprint density at radius 2 is 2.24 bits per heavy atom. The quantitative estimate of drug-likeness (QED) is 0.888. The molecule has 1 fully saturated rings. The Balaban J connectivity index is 1.47. The molecule has 3 rings (SSSR count). The second-order valence-corrected chi connectivity index (χ2v) is 7.06. The van der Waals surface area contributed by atoms with E-state index in [9.17, 15) is 4.79 Å². The van der Waals surface area contributed by atoms with Crippen LogP contribution in [0.4, 0.5) is 0 Å². The van der Waals surface area contributed by atoms with Gasteiger partial charge in [-0.1, -0.05) is 24.6 Å². The minimum atomic E-state index is 0.173. The number of fused-ring (bicyclic) bond motifs is 1. The van der Waals surface area contributed by atoms with Crippen LogP contribution in [0, 0.1) is 0 Å². The minimum Gasteiger partial charge on any atom is -0.361 e. The van der Waals surface area contributed by atoms with Gasteiger partial charge in [0.15, 0.2) is 0 Å². The molecule has 0 radical (unpaired) electrons. The van der Waals surface area contributed by atoms with Crippen molar-refractivity contribution >= 4 is 28.6 Å². The normalized spacial score (nSPS) is 18.8. The average molecular weight is 302 g/mol. The van der Waals surface area contributed by atoms with E-state index in [4.69, 9.17) is 0 Å². The molecule has 1 aromatic heterocycles. The SMILES string of the molecule is O=C(CCc1c[nH]c2ccccc12)NCC1CCCCS1. The van der Waals surface area contributed by atoms with Gasteiger partial charge < -0.3 is 10.3 Å². The van der Waals surface area contributed by atoms with Crippen LogP contribution in [0.2, 0.25) is 0 Å². The summed E-state index contributed by atoms with van der Waals surface area (Å²) in [6.45, 7) is 0.831. The van der Waals surface area contributed by atoms with Crippen molar-refractivity contribution in [3.8, 4) is 0 Å². The fourth-order valence-electron chi connectivity index (χ4n) is 2.87. The maximum absolute atomic E-state index is 12.0. The predicted molar refractivity (Wildman–Crippen MR) is 89.7 cm³/mol. The molecule has 2 N–H and O–H groups in total. The van der Waals surface area contributed by atoms with Crippen LogP contribution in [0.15, 0.2) is 30.5 Å². The molecule has 4 heteroatoms. The molecule has 1 amide bonds. The Morgan fingerprint density at radius 1 is 1.33 bits per heavy atom. The van der Waals surface area contributed by atoms with E-state index in [1.54, 1.807) is 0 Å². The number of H-pyrrole nitrogens is 1. The third-order valence-electron chi connectivity index (χ3n) is 4.10. The number of carbonyl (C=O) groups is 1. The van der Waals surface area contributed by atoms with Crippen LogP contribution in [0.3, 0.4) is 0 Å². The summed E-state index contributed by atoms with van der Waals surface area (Å²) in [6, 6.07) is 8.24. The van der Waals surface area contributed by atoms with Crippen molar-refractivity contribution in [2.75, 3.05) is 12.3 Å². The van der Waals surface area contributed by atoms with Crippen molar-refractivity contribution in [2.24, 2.45) is 0 Å². The highest BCUT2D eigenvalue weighted by Gasteiger charge is 2.14. The maximum atomic E-state index is 12.0. The van der Waals surface area contributed by atoms with Crippen molar-refractivity contribution in [3.05, 3.63) is 36.0 Å². The van der Waals surface area contributed by atoms with E-state index in [0.29, 0.717) is 11.7 Å². The highest BCUT2D eigenvalue weighted by Crippen LogP contribution is 2.24. The molecule has 21 heavy (non-hydrogen) atoms. The van der Waals surface area contributed by atoms with E-state index in [0.717, 1.165) is 18.5 Å². The Hall–Kier alpha value is -1.42. The van der Waals surface area contributed by atoms with Gasteiger partial charge >= 0.3 is 0 Å². The number of benzene rings is 1. The summed E-state index contributed by atoms with van der Waals surface area (Å²) in [4.78, 5) is 15.2. The summed E-state index contributed by atoms with van der Waals surface area (Å²) in [5, 5.41) is 4.94. The molecule has 3 nitrogen and oxygen atoms in total. The molecule has 1 aliphatic rings. The first-order valence-corrected chi connectivity index (χ1v) is 8.81. The maximum Gasteiger partial charge on any atom is 0.220 e. The lowest BCUT2D eigenvalue weighted by Crippen LogP contribution is -2.32. The molecule has 0 bridgehead atoms. The number of hydrogen-bond acceptors (Lipinski definition) is 2. The third-order valence-corrected chi connectivity index (χ3v) is 5.50. The second-order valence-electron chi connectivity index (χ2n) is 5.65. The zero-order chi connectivity index (χ0) is 14.5. The van der Waals surface area contributed by atoms with Gasteiger partial charge in [-0.3, -0.25) is 4.79 Å². The monoisotopic (exact) mass is 302 g/mol. The number of aryl methyl sites for hydroxylation is 1. The molecule has 112 valence electrons. The summed E-state index contributed by atoms with van der Waals surface area (Å²) in [5.74, 6) is 1.42. The zero-order valence-corrected chi connectivity index (χ0v) is 13.0. The van der Waals surface area contributed by atoms with Crippen molar-refractivity contribution in [2.45, 2.75) is 37.4 Å². The topological polar surface area (TPSA) is 44.9 Å². The number of aromatic amines is 1. The number of nitrogens with one attached hydrogen (secondary N) is 2. The van der Waals surface area contributed by atoms with E-state index in [1.807, 2.05) is 30.1 Å². The lowest BCUT2D eigenvalue weighted by Gasteiger charge is -2.21. The Labute approximate surface area is 129 Å². The molecule has 0 spiro atoms. The first-order valence-electron chi connectivity index (χ1n) is 7.76. The van der Waals surface area contributed by atoms with Gasteiger partial charge in [0.25, 0.3) is 0 Å². The van der Waals surface area contributed by atoms with Gasteiger partial charge in [-0.15, -0.1) is 0 Å². The number of para-hydroxylation sites is 1. The highest BCUT2D eigenvalue weighted by atomic mass is 32.2. The van der Waals surface area contributed by atoms with Gasteiger partial charge in [0.1, 0.15) is 0 Å². The van der Waals surface area contributed by atoms with E-state index in [2.05, 4.69) is 22.4 Å². The molecule has 2 aromatic rings. The van der Waals surface area contributed by atoms with E-state index < -0.39 is 0 Å². The lowest BCUT2D eigenvalue weighted by molar-refractivity contribution is -0.121. The summed E-state index contributed by atoms with van der Waals surface area (Å²) in [7, 11) is 0. The summed E-state index contributed by atoms with van der Waals surface area (Å²) >= 11 is 2.00. The Morgan fingerprint density at radius 3 is 3.10 bits per heavy atom. The number of amides is 1. The van der Waals surface area contributed by atoms with Crippen LogP contribution in [0.5, 0.6) is 0 Å². The van der Waals surface area contributed by atoms with Crippen LogP contribution < -0.4 is 5.32 Å². The number of rotatable bonds is 5. The van der Waals surface area contributed by atoms with Gasteiger partial charge in [0.2, 0.25) is 5.91 Å². The number of carbonyl (C=O) groups excluding carboxylic acids is 1. The summed E-state index contributed by atoms with van der Waals surface area (Å²) in [5.41, 5.74) is 2.37. The second kappa shape index (κ2) is 7.03. The van der Waals surface area contributed by atoms with Gasteiger partial charge in [0.05, 0.1) is 0 Å². The number of aromatic nitrogens is 1. The van der Waals surface area contributed by atoms with Crippen molar-refractivity contribution in [3.63, 3.8) is 0 Å². The smallest absolute Gasteiger partial charge is 0.220 e. The molecule has 1 aromatic carbocycles. The van der Waals surface area contributed by atoms with Crippen LogP contribution in [-0.2, 0) is 11.2 Å². The van der Waals surface area contributed by atoms with E-state index >= 15 is 0 Å². The molecule has 0 aliphatic carbocycles. The van der Waals surface area contributed by atoms with Gasteiger partial charge in [-0.25, -0.2) is 0 Å². The van der Waals surface area contributed by atoms with Crippen molar-refractivity contribution in [1.29, 1.82) is 0 Å². The largest absolute Gasteiger partial charge is 0.361 e. The molecular weight excluding hydrogens is 280 g/mol.